The molecular formula is C10H20N2. The van der Waals surface area contributed by atoms with Gasteiger partial charge < -0.3 is 4.90 Å². The molecule has 0 unspecified atom stereocenters. The third-order valence-electron chi connectivity index (χ3n) is 2.38. The van der Waals surface area contributed by atoms with E-state index < -0.39 is 0 Å². The third-order valence-corrected chi connectivity index (χ3v) is 2.38. The molecule has 0 aromatic heterocycles. The first-order chi connectivity index (χ1) is 5.93. The number of hydrogen-bond acceptors (Lipinski definition) is 2. The maximum absolute atomic E-state index is 4.39. The minimum atomic E-state index is 1.02. The van der Waals surface area contributed by atoms with Crippen molar-refractivity contribution in [3.8, 4) is 0 Å². The van der Waals surface area contributed by atoms with E-state index in [1.807, 2.05) is 6.34 Å². The van der Waals surface area contributed by atoms with Gasteiger partial charge in [-0.3, -0.25) is 4.99 Å². The summed E-state index contributed by atoms with van der Waals surface area (Å²) in [7, 11) is 0. The lowest BCUT2D eigenvalue weighted by Gasteiger charge is -2.17. The fourth-order valence-electron chi connectivity index (χ4n) is 1.52. The highest BCUT2D eigenvalue weighted by atomic mass is 15.1. The molecule has 0 saturated heterocycles. The van der Waals surface area contributed by atoms with Crippen molar-refractivity contribution in [1.29, 1.82) is 0 Å². The van der Waals surface area contributed by atoms with E-state index in [1.165, 1.54) is 38.6 Å². The Kier molecular flexibility index (Phi) is 4.81. The van der Waals surface area contributed by atoms with E-state index >= 15 is 0 Å². The van der Waals surface area contributed by atoms with Crippen LogP contribution >= 0.6 is 0 Å². The van der Waals surface area contributed by atoms with E-state index in [9.17, 15) is 0 Å². The fraction of sp³-hybridized carbons (Fsp3) is 0.900. The molecule has 1 aliphatic rings. The summed E-state index contributed by atoms with van der Waals surface area (Å²) in [6.45, 7) is 5.51. The minimum absolute atomic E-state index is 1.02. The summed E-state index contributed by atoms with van der Waals surface area (Å²) in [5.41, 5.74) is 0. The lowest BCUT2D eigenvalue weighted by molar-refractivity contribution is 0.423. The monoisotopic (exact) mass is 168 g/mol. The average molecular weight is 168 g/mol. The highest BCUT2D eigenvalue weighted by Gasteiger charge is 1.98. The molecule has 0 amide bonds. The Morgan fingerprint density at radius 3 is 2.75 bits per heavy atom. The van der Waals surface area contributed by atoms with E-state index in [4.69, 9.17) is 0 Å². The Morgan fingerprint density at radius 2 is 1.92 bits per heavy atom. The lowest BCUT2D eigenvalue weighted by atomic mass is 10.1. The molecule has 0 spiro atoms. The molecule has 70 valence electrons. The van der Waals surface area contributed by atoms with Crippen molar-refractivity contribution in [2.24, 2.45) is 4.99 Å². The summed E-state index contributed by atoms with van der Waals surface area (Å²) in [5, 5.41) is 0. The number of rotatable bonds is 1. The van der Waals surface area contributed by atoms with Gasteiger partial charge in [0, 0.05) is 19.6 Å². The lowest BCUT2D eigenvalue weighted by Crippen LogP contribution is -2.23. The second-order valence-corrected chi connectivity index (χ2v) is 3.42. The van der Waals surface area contributed by atoms with Gasteiger partial charge in [0.05, 0.1) is 6.34 Å². The van der Waals surface area contributed by atoms with Gasteiger partial charge in [-0.05, 0) is 19.8 Å². The highest BCUT2D eigenvalue weighted by Crippen LogP contribution is 2.05. The van der Waals surface area contributed by atoms with Crippen LogP contribution in [0.4, 0.5) is 0 Å². The predicted octanol–water partition coefficient (Wildman–Crippen LogP) is 2.30. The first-order valence-electron chi connectivity index (χ1n) is 5.17. The Balaban J connectivity index is 2.31. The summed E-state index contributed by atoms with van der Waals surface area (Å²) in [5.74, 6) is 0. The molecule has 0 atom stereocenters. The largest absolute Gasteiger partial charge is 0.363 e. The van der Waals surface area contributed by atoms with Crippen LogP contribution in [0.15, 0.2) is 4.99 Å². The molecule has 1 aliphatic heterocycles. The van der Waals surface area contributed by atoms with Crippen LogP contribution in [0, 0.1) is 0 Å². The number of nitrogens with zero attached hydrogens (tertiary/aromatic N) is 2. The summed E-state index contributed by atoms with van der Waals surface area (Å²) >= 11 is 0. The second-order valence-electron chi connectivity index (χ2n) is 3.42. The van der Waals surface area contributed by atoms with Gasteiger partial charge in [-0.25, -0.2) is 0 Å². The Labute approximate surface area is 75.7 Å². The van der Waals surface area contributed by atoms with Gasteiger partial charge in [-0.15, -0.1) is 0 Å². The molecule has 2 nitrogen and oxygen atoms in total. The Morgan fingerprint density at radius 1 is 1.17 bits per heavy atom. The van der Waals surface area contributed by atoms with Gasteiger partial charge in [0.25, 0.3) is 0 Å². The maximum Gasteiger partial charge on any atom is 0.0849 e. The van der Waals surface area contributed by atoms with Crippen LogP contribution in [0.3, 0.4) is 0 Å². The van der Waals surface area contributed by atoms with Crippen LogP contribution in [-0.2, 0) is 0 Å². The molecule has 0 bridgehead atoms. The molecule has 1 rings (SSSR count). The zero-order chi connectivity index (χ0) is 8.65. The van der Waals surface area contributed by atoms with Gasteiger partial charge in [0.1, 0.15) is 0 Å². The molecule has 0 aromatic rings. The molecule has 0 N–H and O–H groups in total. The van der Waals surface area contributed by atoms with Crippen molar-refractivity contribution >= 4 is 6.34 Å². The van der Waals surface area contributed by atoms with Crippen molar-refractivity contribution < 1.29 is 0 Å². The first kappa shape index (κ1) is 9.56. The standard InChI is InChI=1S/C10H20N2/c1-2-12-9-7-5-3-4-6-8-11-10-12/h10H,2-9H2,1H3. The van der Waals surface area contributed by atoms with Crippen molar-refractivity contribution in [3.05, 3.63) is 0 Å². The maximum atomic E-state index is 4.39. The van der Waals surface area contributed by atoms with E-state index in [1.54, 1.807) is 0 Å². The van der Waals surface area contributed by atoms with Crippen LogP contribution in [0.5, 0.6) is 0 Å². The highest BCUT2D eigenvalue weighted by molar-refractivity contribution is 5.54. The van der Waals surface area contributed by atoms with Gasteiger partial charge in [0.15, 0.2) is 0 Å². The van der Waals surface area contributed by atoms with Crippen molar-refractivity contribution in [1.82, 2.24) is 4.90 Å². The predicted molar refractivity (Wildman–Crippen MR) is 53.7 cm³/mol. The molecule has 0 fully saturated rings. The zero-order valence-corrected chi connectivity index (χ0v) is 8.13. The van der Waals surface area contributed by atoms with Crippen molar-refractivity contribution in [3.63, 3.8) is 0 Å². The molecule has 0 aromatic carbocycles. The van der Waals surface area contributed by atoms with Crippen molar-refractivity contribution in [2.45, 2.75) is 39.0 Å². The fourth-order valence-corrected chi connectivity index (χ4v) is 1.52. The van der Waals surface area contributed by atoms with Crippen LogP contribution in [0.1, 0.15) is 39.0 Å². The van der Waals surface area contributed by atoms with E-state index in [2.05, 4.69) is 16.8 Å². The zero-order valence-electron chi connectivity index (χ0n) is 8.13. The number of aliphatic imine (C=N–C) groups is 1. The normalized spacial score (nSPS) is 20.9. The SMILES string of the molecule is CCN1C=NCCCCCCC1. The van der Waals surface area contributed by atoms with Crippen molar-refractivity contribution in [2.75, 3.05) is 19.6 Å². The third kappa shape index (κ3) is 3.74. The smallest absolute Gasteiger partial charge is 0.0849 e. The average Bonchev–Trinajstić information content (AvgIpc) is 2.14. The van der Waals surface area contributed by atoms with E-state index in [0.717, 1.165) is 13.1 Å². The van der Waals surface area contributed by atoms with Gasteiger partial charge in [-0.1, -0.05) is 19.3 Å². The molecule has 2 heteroatoms. The molecular weight excluding hydrogens is 148 g/mol. The molecule has 0 saturated carbocycles. The van der Waals surface area contributed by atoms with Crippen LogP contribution in [0.2, 0.25) is 0 Å². The van der Waals surface area contributed by atoms with Crippen LogP contribution in [-0.4, -0.2) is 30.9 Å². The summed E-state index contributed by atoms with van der Waals surface area (Å²) in [4.78, 5) is 6.70. The minimum Gasteiger partial charge on any atom is -0.363 e. The summed E-state index contributed by atoms with van der Waals surface area (Å²) < 4.78 is 0. The molecule has 0 aliphatic carbocycles. The first-order valence-corrected chi connectivity index (χ1v) is 5.17. The molecule has 1 heterocycles. The Hall–Kier alpha value is -0.530. The summed E-state index contributed by atoms with van der Waals surface area (Å²) in [6.07, 6.45) is 8.79. The van der Waals surface area contributed by atoms with E-state index in [-0.39, 0.29) is 0 Å². The summed E-state index contributed by atoms with van der Waals surface area (Å²) in [6, 6.07) is 0. The van der Waals surface area contributed by atoms with Crippen LogP contribution < -0.4 is 0 Å². The molecule has 0 radical (unpaired) electrons. The second kappa shape index (κ2) is 6.04. The quantitative estimate of drug-likeness (QED) is 0.586. The van der Waals surface area contributed by atoms with E-state index in [0.29, 0.717) is 0 Å². The van der Waals surface area contributed by atoms with Gasteiger partial charge >= 0.3 is 0 Å². The Bertz CT molecular complexity index is 132. The van der Waals surface area contributed by atoms with Gasteiger partial charge in [0.2, 0.25) is 0 Å². The molecule has 12 heavy (non-hydrogen) atoms. The topological polar surface area (TPSA) is 15.6 Å². The van der Waals surface area contributed by atoms with Crippen LogP contribution in [0.25, 0.3) is 0 Å². The van der Waals surface area contributed by atoms with Gasteiger partial charge in [-0.2, -0.15) is 0 Å². The number of hydrogen-bond donors (Lipinski definition) is 0.